The molecule has 0 amide bonds. The van der Waals surface area contributed by atoms with Gasteiger partial charge in [-0.05, 0) is 59.9 Å². The smallest absolute Gasteiger partial charge is 0.127 e. The maximum atomic E-state index is 5.87. The number of hydrogen-bond acceptors (Lipinski definition) is 2. The molecule has 25 heavy (non-hydrogen) atoms. The van der Waals surface area contributed by atoms with Crippen molar-refractivity contribution in [1.82, 2.24) is 0 Å². The van der Waals surface area contributed by atoms with Crippen LogP contribution in [0.1, 0.15) is 37.3 Å². The molecular formula is C23H24O2. The van der Waals surface area contributed by atoms with Crippen molar-refractivity contribution in [1.29, 1.82) is 0 Å². The van der Waals surface area contributed by atoms with Crippen molar-refractivity contribution in [2.75, 3.05) is 0 Å². The molecule has 0 aliphatic rings. The molecule has 0 aliphatic heterocycles. The summed E-state index contributed by atoms with van der Waals surface area (Å²) in [4.78, 5) is 0. The van der Waals surface area contributed by atoms with Crippen LogP contribution in [0.2, 0.25) is 0 Å². The molecule has 0 aromatic heterocycles. The molecule has 0 bridgehead atoms. The van der Waals surface area contributed by atoms with E-state index in [9.17, 15) is 0 Å². The molecule has 2 heteroatoms. The van der Waals surface area contributed by atoms with Crippen LogP contribution in [0.5, 0.6) is 17.2 Å². The molecule has 0 spiro atoms. The van der Waals surface area contributed by atoms with Crippen LogP contribution in [0, 0.1) is 0 Å². The Morgan fingerprint density at radius 3 is 1.96 bits per heavy atom. The predicted octanol–water partition coefficient (Wildman–Crippen LogP) is 6.57. The fraction of sp³-hybridized carbons (Fsp3) is 0.217. The third-order valence-corrected chi connectivity index (χ3v) is 4.37. The molecule has 0 saturated heterocycles. The van der Waals surface area contributed by atoms with Crippen molar-refractivity contribution < 1.29 is 9.47 Å². The SMILES string of the molecule is CCC(C)c1ccc(COc2ccc(Oc3ccccc3)cc2)cc1. The van der Waals surface area contributed by atoms with Crippen molar-refractivity contribution in [3.05, 3.63) is 90.0 Å². The molecule has 0 aliphatic carbocycles. The van der Waals surface area contributed by atoms with Crippen molar-refractivity contribution >= 4 is 0 Å². The van der Waals surface area contributed by atoms with E-state index in [2.05, 4.69) is 38.1 Å². The van der Waals surface area contributed by atoms with Gasteiger partial charge in [0.1, 0.15) is 23.9 Å². The first-order chi connectivity index (χ1) is 12.2. The first-order valence-corrected chi connectivity index (χ1v) is 8.79. The second-order valence-electron chi connectivity index (χ2n) is 6.23. The van der Waals surface area contributed by atoms with E-state index in [4.69, 9.17) is 9.47 Å². The van der Waals surface area contributed by atoms with Gasteiger partial charge in [0.25, 0.3) is 0 Å². The highest BCUT2D eigenvalue weighted by Crippen LogP contribution is 2.24. The first-order valence-electron chi connectivity index (χ1n) is 8.79. The van der Waals surface area contributed by atoms with Crippen molar-refractivity contribution in [3.8, 4) is 17.2 Å². The van der Waals surface area contributed by atoms with Crippen molar-refractivity contribution in [2.24, 2.45) is 0 Å². The maximum Gasteiger partial charge on any atom is 0.127 e. The molecule has 0 saturated carbocycles. The second-order valence-corrected chi connectivity index (χ2v) is 6.23. The van der Waals surface area contributed by atoms with E-state index in [0.717, 1.165) is 23.7 Å². The van der Waals surface area contributed by atoms with E-state index in [1.165, 1.54) is 11.1 Å². The van der Waals surface area contributed by atoms with Gasteiger partial charge in [-0.3, -0.25) is 0 Å². The lowest BCUT2D eigenvalue weighted by Gasteiger charge is -2.11. The zero-order valence-corrected chi connectivity index (χ0v) is 14.8. The Kier molecular flexibility index (Phi) is 5.73. The topological polar surface area (TPSA) is 18.5 Å². The Labute approximate surface area is 150 Å². The predicted molar refractivity (Wildman–Crippen MR) is 102 cm³/mol. The van der Waals surface area contributed by atoms with E-state index >= 15 is 0 Å². The van der Waals surface area contributed by atoms with Crippen molar-refractivity contribution in [2.45, 2.75) is 32.8 Å². The van der Waals surface area contributed by atoms with Gasteiger partial charge in [-0.1, -0.05) is 56.3 Å². The van der Waals surface area contributed by atoms with Crippen LogP contribution in [0.4, 0.5) is 0 Å². The Balaban J connectivity index is 1.55. The second kappa shape index (κ2) is 8.39. The summed E-state index contributed by atoms with van der Waals surface area (Å²) in [6.07, 6.45) is 1.16. The average Bonchev–Trinajstić information content (AvgIpc) is 2.68. The van der Waals surface area contributed by atoms with Gasteiger partial charge in [-0.25, -0.2) is 0 Å². The van der Waals surface area contributed by atoms with E-state index < -0.39 is 0 Å². The van der Waals surface area contributed by atoms with Crippen molar-refractivity contribution in [3.63, 3.8) is 0 Å². The number of para-hydroxylation sites is 1. The van der Waals surface area contributed by atoms with Gasteiger partial charge in [0.15, 0.2) is 0 Å². The summed E-state index contributed by atoms with van der Waals surface area (Å²) >= 11 is 0. The molecule has 3 rings (SSSR count). The van der Waals surface area contributed by atoms with Gasteiger partial charge in [-0.2, -0.15) is 0 Å². The molecule has 0 N–H and O–H groups in total. The lowest BCUT2D eigenvalue weighted by atomic mass is 9.98. The summed E-state index contributed by atoms with van der Waals surface area (Å²) in [6, 6.07) is 26.2. The standard InChI is InChI=1S/C23H24O2/c1-3-18(2)20-11-9-19(10-12-20)17-24-21-13-15-23(16-14-21)25-22-7-5-4-6-8-22/h4-16,18H,3,17H2,1-2H3. The van der Waals surface area contributed by atoms with Gasteiger partial charge >= 0.3 is 0 Å². The Hall–Kier alpha value is -2.74. The fourth-order valence-electron chi connectivity index (χ4n) is 2.57. The molecule has 0 heterocycles. The lowest BCUT2D eigenvalue weighted by molar-refractivity contribution is 0.305. The van der Waals surface area contributed by atoms with Crippen LogP contribution in [0.3, 0.4) is 0 Å². The van der Waals surface area contributed by atoms with Gasteiger partial charge in [0, 0.05) is 0 Å². The zero-order valence-electron chi connectivity index (χ0n) is 14.8. The van der Waals surface area contributed by atoms with E-state index in [0.29, 0.717) is 12.5 Å². The summed E-state index contributed by atoms with van der Waals surface area (Å²) in [5.74, 6) is 3.08. The highest BCUT2D eigenvalue weighted by atomic mass is 16.5. The van der Waals surface area contributed by atoms with Crippen LogP contribution >= 0.6 is 0 Å². The quantitative estimate of drug-likeness (QED) is 0.487. The minimum Gasteiger partial charge on any atom is -0.489 e. The molecule has 0 radical (unpaired) electrons. The molecule has 3 aromatic rings. The largest absolute Gasteiger partial charge is 0.489 e. The molecule has 2 nitrogen and oxygen atoms in total. The minimum atomic E-state index is 0.569. The monoisotopic (exact) mass is 332 g/mol. The zero-order chi connectivity index (χ0) is 17.5. The summed E-state index contributed by atoms with van der Waals surface area (Å²) in [5, 5.41) is 0. The van der Waals surface area contributed by atoms with Crippen LogP contribution in [-0.2, 0) is 6.61 Å². The number of hydrogen-bond donors (Lipinski definition) is 0. The first kappa shape index (κ1) is 17.1. The van der Waals surface area contributed by atoms with E-state index in [1.54, 1.807) is 0 Å². The highest BCUT2D eigenvalue weighted by Gasteiger charge is 2.03. The van der Waals surface area contributed by atoms with E-state index in [1.807, 2.05) is 54.6 Å². The summed E-state index contributed by atoms with van der Waals surface area (Å²) < 4.78 is 11.7. The Morgan fingerprint density at radius 1 is 0.720 bits per heavy atom. The molecular weight excluding hydrogens is 308 g/mol. The van der Waals surface area contributed by atoms with Crippen LogP contribution in [-0.4, -0.2) is 0 Å². The molecule has 3 aromatic carbocycles. The van der Waals surface area contributed by atoms with Gasteiger partial charge in [0.2, 0.25) is 0 Å². The number of benzene rings is 3. The van der Waals surface area contributed by atoms with Crippen LogP contribution in [0.25, 0.3) is 0 Å². The molecule has 0 fully saturated rings. The molecule has 1 atom stereocenters. The number of ether oxygens (including phenoxy) is 2. The van der Waals surface area contributed by atoms with Gasteiger partial charge in [0.05, 0.1) is 0 Å². The minimum absolute atomic E-state index is 0.569. The lowest BCUT2D eigenvalue weighted by Crippen LogP contribution is -1.97. The third-order valence-electron chi connectivity index (χ3n) is 4.37. The summed E-state index contributed by atoms with van der Waals surface area (Å²) in [5.41, 5.74) is 2.56. The summed E-state index contributed by atoms with van der Waals surface area (Å²) in [7, 11) is 0. The fourth-order valence-corrected chi connectivity index (χ4v) is 2.57. The average molecular weight is 332 g/mol. The van der Waals surface area contributed by atoms with E-state index in [-0.39, 0.29) is 0 Å². The summed E-state index contributed by atoms with van der Waals surface area (Å²) in [6.45, 7) is 5.04. The Bertz CT molecular complexity index is 761. The molecule has 1 unspecified atom stereocenters. The molecule has 128 valence electrons. The van der Waals surface area contributed by atoms with Crippen LogP contribution in [0.15, 0.2) is 78.9 Å². The van der Waals surface area contributed by atoms with Gasteiger partial charge in [-0.15, -0.1) is 0 Å². The maximum absolute atomic E-state index is 5.87. The van der Waals surface area contributed by atoms with Crippen LogP contribution < -0.4 is 9.47 Å². The third kappa shape index (κ3) is 4.87. The normalized spacial score (nSPS) is 11.8. The highest BCUT2D eigenvalue weighted by molar-refractivity contribution is 5.35. The number of rotatable bonds is 7. The Morgan fingerprint density at radius 2 is 1.32 bits per heavy atom. The van der Waals surface area contributed by atoms with Gasteiger partial charge < -0.3 is 9.47 Å².